The molecule has 1 N–H and O–H groups in total. The number of benzene rings is 1. The summed E-state index contributed by atoms with van der Waals surface area (Å²) in [5, 5.41) is 2.87. The molecule has 0 saturated carbocycles. The van der Waals surface area contributed by atoms with Crippen LogP contribution in [0.15, 0.2) is 27.9 Å². The highest BCUT2D eigenvalue weighted by molar-refractivity contribution is 9.10. The second-order valence-electron chi connectivity index (χ2n) is 5.70. The van der Waals surface area contributed by atoms with Crippen molar-refractivity contribution in [2.45, 2.75) is 31.6 Å². The Bertz CT molecular complexity index is 725. The number of carbonyl (C=O) groups excluding carboxylic acids is 2. The SMILES string of the molecule is O=C1C[C@H](c2cc3c(cc2Br)OCO3)C2=C(CCCC2=O)N1. The van der Waals surface area contributed by atoms with Gasteiger partial charge in [-0.15, -0.1) is 0 Å². The van der Waals surface area contributed by atoms with Gasteiger partial charge >= 0.3 is 0 Å². The summed E-state index contributed by atoms with van der Waals surface area (Å²) >= 11 is 3.54. The van der Waals surface area contributed by atoms with E-state index in [1.165, 1.54) is 0 Å². The van der Waals surface area contributed by atoms with Crippen LogP contribution in [0, 0.1) is 0 Å². The number of ketones is 1. The zero-order chi connectivity index (χ0) is 15.3. The number of rotatable bonds is 1. The Hall–Kier alpha value is -1.82. The fourth-order valence-electron chi connectivity index (χ4n) is 3.37. The molecule has 1 aromatic rings. The Balaban J connectivity index is 1.84. The van der Waals surface area contributed by atoms with Crippen LogP contribution in [-0.2, 0) is 9.59 Å². The molecule has 1 amide bonds. The zero-order valence-electron chi connectivity index (χ0n) is 11.8. The van der Waals surface area contributed by atoms with Crippen LogP contribution in [0.4, 0.5) is 0 Å². The van der Waals surface area contributed by atoms with Gasteiger partial charge in [0.25, 0.3) is 0 Å². The first-order chi connectivity index (χ1) is 10.6. The van der Waals surface area contributed by atoms with Crippen LogP contribution in [0.25, 0.3) is 0 Å². The number of halogens is 1. The lowest BCUT2D eigenvalue weighted by molar-refractivity contribution is -0.122. The van der Waals surface area contributed by atoms with Crippen LogP contribution in [-0.4, -0.2) is 18.5 Å². The standard InChI is InChI=1S/C16H14BrNO4/c17-10-6-14-13(21-7-22-14)4-8(10)9-5-15(20)18-11-2-1-3-12(19)16(9)11/h4,6,9H,1-3,5,7H2,(H,18,20)/t9-/m1/s1. The summed E-state index contributed by atoms with van der Waals surface area (Å²) in [4.78, 5) is 24.4. The second-order valence-corrected chi connectivity index (χ2v) is 6.56. The summed E-state index contributed by atoms with van der Waals surface area (Å²) in [5.74, 6) is 1.22. The Kier molecular flexibility index (Phi) is 3.22. The molecule has 3 aliphatic rings. The van der Waals surface area contributed by atoms with E-state index in [9.17, 15) is 9.59 Å². The Morgan fingerprint density at radius 3 is 2.73 bits per heavy atom. The summed E-state index contributed by atoms with van der Waals surface area (Å²) in [6, 6.07) is 3.72. The molecule has 0 radical (unpaired) electrons. The lowest BCUT2D eigenvalue weighted by Crippen LogP contribution is -2.36. The number of carbonyl (C=O) groups is 2. The van der Waals surface area contributed by atoms with Crippen molar-refractivity contribution in [1.82, 2.24) is 5.32 Å². The van der Waals surface area contributed by atoms with E-state index < -0.39 is 0 Å². The van der Waals surface area contributed by atoms with Crippen molar-refractivity contribution in [2.24, 2.45) is 0 Å². The number of amides is 1. The monoisotopic (exact) mass is 363 g/mol. The lowest BCUT2D eigenvalue weighted by Gasteiger charge is -2.31. The third-order valence-electron chi connectivity index (χ3n) is 4.35. The van der Waals surface area contributed by atoms with E-state index in [4.69, 9.17) is 9.47 Å². The number of ether oxygens (including phenoxy) is 2. The van der Waals surface area contributed by atoms with Gasteiger partial charge in [0, 0.05) is 34.5 Å². The van der Waals surface area contributed by atoms with E-state index in [0.29, 0.717) is 17.9 Å². The Morgan fingerprint density at radius 2 is 1.91 bits per heavy atom. The first kappa shape index (κ1) is 13.8. The molecule has 0 fully saturated rings. The first-order valence-corrected chi connectivity index (χ1v) is 8.08. The van der Waals surface area contributed by atoms with Crippen molar-refractivity contribution >= 4 is 27.6 Å². The normalized spacial score (nSPS) is 23.4. The summed E-state index contributed by atoms with van der Waals surface area (Å²) in [6.07, 6.45) is 2.38. The minimum Gasteiger partial charge on any atom is -0.454 e. The van der Waals surface area contributed by atoms with Gasteiger partial charge in [-0.3, -0.25) is 9.59 Å². The van der Waals surface area contributed by atoms with E-state index in [1.54, 1.807) is 0 Å². The molecule has 0 aromatic heterocycles. The highest BCUT2D eigenvalue weighted by atomic mass is 79.9. The smallest absolute Gasteiger partial charge is 0.231 e. The third-order valence-corrected chi connectivity index (χ3v) is 5.04. The number of fused-ring (bicyclic) bond motifs is 1. The van der Waals surface area contributed by atoms with Gasteiger partial charge in [0.1, 0.15) is 0 Å². The molecule has 6 heteroatoms. The van der Waals surface area contributed by atoms with Crippen molar-refractivity contribution in [2.75, 3.05) is 6.79 Å². The topological polar surface area (TPSA) is 64.6 Å². The minimum absolute atomic E-state index is 0.0389. The molecule has 0 spiro atoms. The van der Waals surface area contributed by atoms with Gasteiger partial charge in [0.15, 0.2) is 17.3 Å². The van der Waals surface area contributed by atoms with Crippen molar-refractivity contribution in [3.63, 3.8) is 0 Å². The summed E-state index contributed by atoms with van der Waals surface area (Å²) < 4.78 is 11.6. The van der Waals surface area contributed by atoms with E-state index in [0.717, 1.165) is 34.1 Å². The van der Waals surface area contributed by atoms with Gasteiger partial charge in [-0.1, -0.05) is 15.9 Å². The third kappa shape index (κ3) is 2.13. The van der Waals surface area contributed by atoms with Crippen LogP contribution in [0.3, 0.4) is 0 Å². The van der Waals surface area contributed by atoms with Gasteiger partial charge in [-0.2, -0.15) is 0 Å². The van der Waals surface area contributed by atoms with Gasteiger partial charge in [-0.05, 0) is 30.5 Å². The highest BCUT2D eigenvalue weighted by Gasteiger charge is 2.36. The lowest BCUT2D eigenvalue weighted by atomic mass is 9.78. The number of Topliss-reactive ketones (excluding diaryl/α,β-unsaturated/α-hetero) is 1. The highest BCUT2D eigenvalue weighted by Crippen LogP contribution is 2.45. The van der Waals surface area contributed by atoms with Crippen molar-refractivity contribution in [3.05, 3.63) is 33.4 Å². The molecule has 114 valence electrons. The molecule has 0 saturated heterocycles. The van der Waals surface area contributed by atoms with E-state index in [2.05, 4.69) is 21.2 Å². The maximum Gasteiger partial charge on any atom is 0.231 e. The summed E-state index contributed by atoms with van der Waals surface area (Å²) in [5.41, 5.74) is 2.45. The van der Waals surface area contributed by atoms with E-state index in [1.807, 2.05) is 12.1 Å². The van der Waals surface area contributed by atoms with E-state index in [-0.39, 0.29) is 30.8 Å². The molecule has 2 heterocycles. The molecule has 22 heavy (non-hydrogen) atoms. The Morgan fingerprint density at radius 1 is 1.14 bits per heavy atom. The van der Waals surface area contributed by atoms with Crippen LogP contribution in [0.1, 0.15) is 37.2 Å². The van der Waals surface area contributed by atoms with Gasteiger partial charge in [0.05, 0.1) is 0 Å². The van der Waals surface area contributed by atoms with Gasteiger partial charge < -0.3 is 14.8 Å². The van der Waals surface area contributed by atoms with E-state index >= 15 is 0 Å². The van der Waals surface area contributed by atoms with Crippen molar-refractivity contribution in [1.29, 1.82) is 0 Å². The van der Waals surface area contributed by atoms with Gasteiger partial charge in [0.2, 0.25) is 12.7 Å². The minimum atomic E-state index is -0.222. The summed E-state index contributed by atoms with van der Waals surface area (Å²) in [7, 11) is 0. The molecule has 4 rings (SSSR count). The fourth-order valence-corrected chi connectivity index (χ4v) is 3.97. The predicted octanol–water partition coefficient (Wildman–Crippen LogP) is 2.79. The number of allylic oxidation sites excluding steroid dienone is 2. The van der Waals surface area contributed by atoms with Crippen LogP contribution in [0.5, 0.6) is 11.5 Å². The second kappa shape index (κ2) is 5.12. The average Bonchev–Trinajstić information content (AvgIpc) is 2.92. The molecule has 0 bridgehead atoms. The van der Waals surface area contributed by atoms with Crippen LogP contribution < -0.4 is 14.8 Å². The van der Waals surface area contributed by atoms with Gasteiger partial charge in [-0.25, -0.2) is 0 Å². The van der Waals surface area contributed by atoms with Crippen molar-refractivity contribution in [3.8, 4) is 11.5 Å². The molecule has 5 nitrogen and oxygen atoms in total. The number of hydrogen-bond acceptors (Lipinski definition) is 4. The molecule has 1 aromatic carbocycles. The number of hydrogen-bond donors (Lipinski definition) is 1. The molecule has 1 atom stereocenters. The van der Waals surface area contributed by atoms with Crippen molar-refractivity contribution < 1.29 is 19.1 Å². The number of nitrogens with one attached hydrogen (secondary N) is 1. The predicted molar refractivity (Wildman–Crippen MR) is 81.6 cm³/mol. The van der Waals surface area contributed by atoms with Crippen LogP contribution >= 0.6 is 15.9 Å². The molecular formula is C16H14BrNO4. The molecule has 2 aliphatic heterocycles. The zero-order valence-corrected chi connectivity index (χ0v) is 13.4. The largest absolute Gasteiger partial charge is 0.454 e. The maximum atomic E-state index is 12.4. The average molecular weight is 364 g/mol. The first-order valence-electron chi connectivity index (χ1n) is 7.28. The molecule has 1 aliphatic carbocycles. The fraction of sp³-hybridized carbons (Fsp3) is 0.375. The Labute approximate surface area is 135 Å². The molecular weight excluding hydrogens is 350 g/mol. The maximum absolute atomic E-state index is 12.4. The summed E-state index contributed by atoms with van der Waals surface area (Å²) in [6.45, 7) is 0.198. The quantitative estimate of drug-likeness (QED) is 0.833. The molecule has 0 unspecified atom stereocenters. The van der Waals surface area contributed by atoms with Crippen LogP contribution in [0.2, 0.25) is 0 Å².